The number of hydrogen-bond donors (Lipinski definition) is 1. The molecule has 0 amide bonds. The van der Waals surface area contributed by atoms with Crippen molar-refractivity contribution in [3.8, 4) is 0 Å². The second kappa shape index (κ2) is 5.65. The second-order valence-corrected chi connectivity index (χ2v) is 5.05. The Balaban J connectivity index is 1.92. The molecule has 0 radical (unpaired) electrons. The van der Waals surface area contributed by atoms with Gasteiger partial charge in [-0.15, -0.1) is 0 Å². The molecule has 0 aliphatic carbocycles. The topological polar surface area (TPSA) is 33.1 Å². The summed E-state index contributed by atoms with van der Waals surface area (Å²) >= 11 is 0. The highest BCUT2D eigenvalue weighted by molar-refractivity contribution is 5.15. The van der Waals surface area contributed by atoms with Crippen LogP contribution in [0.4, 0.5) is 0 Å². The van der Waals surface area contributed by atoms with Crippen molar-refractivity contribution in [1.82, 2.24) is 20.0 Å². The van der Waals surface area contributed by atoms with Crippen LogP contribution in [0.15, 0.2) is 6.20 Å². The van der Waals surface area contributed by atoms with E-state index in [0.29, 0.717) is 6.04 Å². The summed E-state index contributed by atoms with van der Waals surface area (Å²) in [6.45, 7) is 8.79. The minimum absolute atomic E-state index is 0.672. The van der Waals surface area contributed by atoms with Gasteiger partial charge >= 0.3 is 0 Å². The zero-order chi connectivity index (χ0) is 12.3. The number of piperidine rings is 1. The summed E-state index contributed by atoms with van der Waals surface area (Å²) in [5, 5.41) is 7.96. The van der Waals surface area contributed by atoms with E-state index in [-0.39, 0.29) is 0 Å². The Hall–Kier alpha value is -0.870. The Morgan fingerprint density at radius 1 is 1.53 bits per heavy atom. The predicted molar refractivity (Wildman–Crippen MR) is 69.9 cm³/mol. The maximum atomic E-state index is 4.41. The van der Waals surface area contributed by atoms with Gasteiger partial charge in [0.1, 0.15) is 0 Å². The van der Waals surface area contributed by atoms with Crippen molar-refractivity contribution in [2.75, 3.05) is 19.6 Å². The molecule has 0 spiro atoms. The maximum absolute atomic E-state index is 4.41. The van der Waals surface area contributed by atoms with Crippen LogP contribution in [0, 0.1) is 6.92 Å². The Morgan fingerprint density at radius 3 is 3.00 bits per heavy atom. The number of aryl methyl sites for hydroxylation is 2. The highest BCUT2D eigenvalue weighted by Crippen LogP contribution is 2.15. The number of likely N-dealkylation sites (N-methyl/N-ethyl adjacent to an activating group) is 1. The Kier molecular flexibility index (Phi) is 4.18. The van der Waals surface area contributed by atoms with Crippen LogP contribution in [0.25, 0.3) is 0 Å². The smallest absolute Gasteiger partial charge is 0.0638 e. The fourth-order valence-electron chi connectivity index (χ4n) is 2.70. The van der Waals surface area contributed by atoms with Crippen LogP contribution < -0.4 is 5.32 Å². The van der Waals surface area contributed by atoms with E-state index in [2.05, 4.69) is 35.4 Å². The lowest BCUT2D eigenvalue weighted by atomic mass is 10.0. The number of nitrogens with one attached hydrogen (secondary N) is 1. The third-order valence-electron chi connectivity index (χ3n) is 3.51. The first-order chi connectivity index (χ1) is 8.19. The third-order valence-corrected chi connectivity index (χ3v) is 3.51. The van der Waals surface area contributed by atoms with Crippen molar-refractivity contribution in [1.29, 1.82) is 0 Å². The van der Waals surface area contributed by atoms with Crippen LogP contribution in [-0.2, 0) is 13.6 Å². The first kappa shape index (κ1) is 12.6. The van der Waals surface area contributed by atoms with E-state index >= 15 is 0 Å². The van der Waals surface area contributed by atoms with Gasteiger partial charge in [0, 0.05) is 37.9 Å². The van der Waals surface area contributed by atoms with E-state index < -0.39 is 0 Å². The summed E-state index contributed by atoms with van der Waals surface area (Å²) in [7, 11) is 1.99. The SMILES string of the molecule is CCNC1CCCN(Cc2cn(C)nc2C)C1. The van der Waals surface area contributed by atoms with E-state index in [0.717, 1.165) is 18.8 Å². The molecule has 1 aromatic heterocycles. The largest absolute Gasteiger partial charge is 0.313 e. The van der Waals surface area contributed by atoms with Gasteiger partial charge in [0.05, 0.1) is 5.69 Å². The van der Waals surface area contributed by atoms with Gasteiger partial charge < -0.3 is 5.32 Å². The molecule has 1 aromatic rings. The van der Waals surface area contributed by atoms with Gasteiger partial charge in [-0.1, -0.05) is 6.92 Å². The van der Waals surface area contributed by atoms with Gasteiger partial charge in [-0.05, 0) is 32.9 Å². The molecule has 2 rings (SSSR count). The first-order valence-electron chi connectivity index (χ1n) is 6.64. The molecule has 4 nitrogen and oxygen atoms in total. The van der Waals surface area contributed by atoms with Crippen molar-refractivity contribution in [2.45, 2.75) is 39.3 Å². The van der Waals surface area contributed by atoms with Crippen LogP contribution in [0.5, 0.6) is 0 Å². The number of nitrogens with zero attached hydrogens (tertiary/aromatic N) is 3. The molecule has 4 heteroatoms. The standard InChI is InChI=1S/C13H24N4/c1-4-14-13-6-5-7-17(10-13)9-12-8-16(3)15-11(12)2/h8,13-14H,4-7,9-10H2,1-3H3. The van der Waals surface area contributed by atoms with Crippen LogP contribution >= 0.6 is 0 Å². The van der Waals surface area contributed by atoms with Crippen molar-refractivity contribution in [3.63, 3.8) is 0 Å². The fraction of sp³-hybridized carbons (Fsp3) is 0.769. The van der Waals surface area contributed by atoms with Gasteiger partial charge in [0.15, 0.2) is 0 Å². The molecular weight excluding hydrogens is 212 g/mol. The lowest BCUT2D eigenvalue weighted by Gasteiger charge is -2.32. The molecular formula is C13H24N4. The van der Waals surface area contributed by atoms with E-state index in [1.54, 1.807) is 0 Å². The number of hydrogen-bond acceptors (Lipinski definition) is 3. The highest BCUT2D eigenvalue weighted by Gasteiger charge is 2.19. The lowest BCUT2D eigenvalue weighted by molar-refractivity contribution is 0.184. The molecule has 0 bridgehead atoms. The van der Waals surface area contributed by atoms with Gasteiger partial charge in [-0.2, -0.15) is 5.10 Å². The summed E-state index contributed by atoms with van der Waals surface area (Å²) in [4.78, 5) is 2.54. The molecule has 1 aliphatic rings. The summed E-state index contributed by atoms with van der Waals surface area (Å²) in [5.41, 5.74) is 2.53. The molecule has 96 valence electrons. The number of rotatable bonds is 4. The van der Waals surface area contributed by atoms with E-state index in [1.165, 1.54) is 31.5 Å². The van der Waals surface area contributed by atoms with E-state index in [4.69, 9.17) is 0 Å². The molecule has 1 unspecified atom stereocenters. The molecule has 0 aromatic carbocycles. The quantitative estimate of drug-likeness (QED) is 0.855. The average molecular weight is 236 g/mol. The zero-order valence-electron chi connectivity index (χ0n) is 11.2. The summed E-state index contributed by atoms with van der Waals surface area (Å²) in [5.74, 6) is 0. The van der Waals surface area contributed by atoms with Crippen molar-refractivity contribution in [2.24, 2.45) is 7.05 Å². The van der Waals surface area contributed by atoms with Gasteiger partial charge in [0.2, 0.25) is 0 Å². The molecule has 1 atom stereocenters. The summed E-state index contributed by atoms with van der Waals surface area (Å²) < 4.78 is 1.91. The van der Waals surface area contributed by atoms with Crippen molar-refractivity contribution < 1.29 is 0 Å². The maximum Gasteiger partial charge on any atom is 0.0638 e. The van der Waals surface area contributed by atoms with Gasteiger partial charge in [-0.25, -0.2) is 0 Å². The van der Waals surface area contributed by atoms with Crippen LogP contribution in [0.1, 0.15) is 31.0 Å². The molecule has 1 saturated heterocycles. The minimum atomic E-state index is 0.672. The number of likely N-dealkylation sites (tertiary alicyclic amines) is 1. The van der Waals surface area contributed by atoms with E-state index in [1.807, 2.05) is 11.7 Å². The average Bonchev–Trinajstić information content (AvgIpc) is 2.58. The molecule has 1 fully saturated rings. The molecule has 17 heavy (non-hydrogen) atoms. The van der Waals surface area contributed by atoms with Crippen LogP contribution in [-0.4, -0.2) is 40.4 Å². The fourth-order valence-corrected chi connectivity index (χ4v) is 2.70. The lowest BCUT2D eigenvalue weighted by Crippen LogP contribution is -2.45. The van der Waals surface area contributed by atoms with Gasteiger partial charge in [-0.3, -0.25) is 9.58 Å². The second-order valence-electron chi connectivity index (χ2n) is 5.05. The Bertz CT molecular complexity index is 356. The summed E-state index contributed by atoms with van der Waals surface area (Å²) in [6.07, 6.45) is 4.76. The molecule has 2 heterocycles. The van der Waals surface area contributed by atoms with Crippen LogP contribution in [0.3, 0.4) is 0 Å². The molecule has 1 aliphatic heterocycles. The number of aromatic nitrogens is 2. The Morgan fingerprint density at radius 2 is 2.35 bits per heavy atom. The third kappa shape index (κ3) is 3.30. The first-order valence-corrected chi connectivity index (χ1v) is 6.64. The minimum Gasteiger partial charge on any atom is -0.313 e. The molecule has 1 N–H and O–H groups in total. The molecule has 0 saturated carbocycles. The summed E-state index contributed by atoms with van der Waals surface area (Å²) in [6, 6.07) is 0.672. The monoisotopic (exact) mass is 236 g/mol. The highest BCUT2D eigenvalue weighted by atomic mass is 15.3. The van der Waals surface area contributed by atoms with Crippen molar-refractivity contribution >= 4 is 0 Å². The van der Waals surface area contributed by atoms with Crippen LogP contribution in [0.2, 0.25) is 0 Å². The predicted octanol–water partition coefficient (Wildman–Crippen LogP) is 1.30. The zero-order valence-corrected chi connectivity index (χ0v) is 11.2. The Labute approximate surface area is 104 Å². The van der Waals surface area contributed by atoms with Gasteiger partial charge in [0.25, 0.3) is 0 Å². The van der Waals surface area contributed by atoms with Crippen molar-refractivity contribution in [3.05, 3.63) is 17.5 Å². The normalized spacial score (nSPS) is 21.9. The van der Waals surface area contributed by atoms with E-state index in [9.17, 15) is 0 Å².